The van der Waals surface area contributed by atoms with Crippen LogP contribution >= 0.6 is 0 Å². The van der Waals surface area contributed by atoms with Crippen LogP contribution in [0.4, 0.5) is 0 Å². The van der Waals surface area contributed by atoms with Crippen molar-refractivity contribution < 1.29 is 58.3 Å². The Balaban J connectivity index is 4.39. The monoisotopic (exact) mass is 449 g/mol. The summed E-state index contributed by atoms with van der Waals surface area (Å²) in [5.74, 6) is -5.47. The van der Waals surface area contributed by atoms with Crippen LogP contribution in [0, 0.1) is 0 Å². The Bertz CT molecular complexity index is 547. The van der Waals surface area contributed by atoms with Gasteiger partial charge in [-0.25, -0.2) is 0 Å². The Morgan fingerprint density at radius 1 is 0.484 bits per heavy atom. The summed E-state index contributed by atoms with van der Waals surface area (Å²) in [6, 6.07) is 0. The summed E-state index contributed by atoms with van der Waals surface area (Å²) in [5.41, 5.74) is 0. The highest BCUT2D eigenvalue weighted by Gasteiger charge is 2.13. The fourth-order valence-corrected chi connectivity index (χ4v) is 2.04. The summed E-state index contributed by atoms with van der Waals surface area (Å²) < 4.78 is 14.8. The largest absolute Gasteiger partial charge is 0.481 e. The molecule has 0 rings (SSSR count). The number of aliphatic carboxylic acids is 3. The smallest absolute Gasteiger partial charge is 0.306 e. The van der Waals surface area contributed by atoms with E-state index in [0.717, 1.165) is 0 Å². The number of ether oxygens (including phenoxy) is 3. The van der Waals surface area contributed by atoms with Crippen LogP contribution in [-0.4, -0.2) is 95.5 Å². The number of nitrogens with zero attached hydrogens (tertiary/aromatic N) is 1. The molecule has 0 fully saturated rings. The van der Waals surface area contributed by atoms with E-state index in [1.165, 1.54) is 0 Å². The van der Waals surface area contributed by atoms with Gasteiger partial charge in [0.25, 0.3) is 0 Å². The van der Waals surface area contributed by atoms with Gasteiger partial charge in [-0.05, 0) is 0 Å². The molecule has 3 N–H and O–H groups in total. The third-order valence-corrected chi connectivity index (χ3v) is 3.64. The predicted octanol–water partition coefficient (Wildman–Crippen LogP) is -0.488. The lowest BCUT2D eigenvalue weighted by Crippen LogP contribution is -2.35. The first-order chi connectivity index (χ1) is 14.6. The highest BCUT2D eigenvalue weighted by atomic mass is 16.5. The van der Waals surface area contributed by atoms with Gasteiger partial charge in [0, 0.05) is 19.6 Å². The molecule has 0 aromatic heterocycles. The molecule has 13 heteroatoms. The lowest BCUT2D eigenvalue weighted by atomic mass is 10.3. The molecule has 0 atom stereocenters. The second-order valence-corrected chi connectivity index (χ2v) is 6.18. The van der Waals surface area contributed by atoms with Gasteiger partial charge in [-0.15, -0.1) is 0 Å². The quantitative estimate of drug-likeness (QED) is 0.179. The van der Waals surface area contributed by atoms with Gasteiger partial charge in [-0.2, -0.15) is 0 Å². The van der Waals surface area contributed by atoms with Gasteiger partial charge in [0.2, 0.25) is 0 Å². The van der Waals surface area contributed by atoms with Crippen molar-refractivity contribution in [3.05, 3.63) is 0 Å². The molecule has 0 aromatic carbocycles. The molecule has 13 nitrogen and oxygen atoms in total. The first-order valence-electron chi connectivity index (χ1n) is 9.44. The third kappa shape index (κ3) is 18.5. The Morgan fingerprint density at radius 3 is 0.968 bits per heavy atom. The lowest BCUT2D eigenvalue weighted by Gasteiger charge is -2.21. The van der Waals surface area contributed by atoms with E-state index in [2.05, 4.69) is 0 Å². The van der Waals surface area contributed by atoms with Gasteiger partial charge < -0.3 is 29.5 Å². The number of hydrogen-bond donors (Lipinski definition) is 3. The fraction of sp³-hybridized carbons (Fsp3) is 0.667. The fourth-order valence-electron chi connectivity index (χ4n) is 2.04. The van der Waals surface area contributed by atoms with Gasteiger partial charge in [0.1, 0.15) is 19.8 Å². The molecule has 0 bridgehead atoms. The van der Waals surface area contributed by atoms with Crippen LogP contribution in [0.3, 0.4) is 0 Å². The van der Waals surface area contributed by atoms with E-state index in [4.69, 9.17) is 29.5 Å². The average Bonchev–Trinajstić information content (AvgIpc) is 2.68. The number of carbonyl (C=O) groups excluding carboxylic acids is 3. The van der Waals surface area contributed by atoms with Crippen molar-refractivity contribution in [2.24, 2.45) is 0 Å². The minimum atomic E-state index is -1.13. The van der Waals surface area contributed by atoms with Gasteiger partial charge >= 0.3 is 35.8 Å². The zero-order chi connectivity index (χ0) is 23.6. The minimum absolute atomic E-state index is 0.0849. The van der Waals surface area contributed by atoms with E-state index in [1.54, 1.807) is 4.90 Å². The molecular formula is C18H27NO12. The van der Waals surface area contributed by atoms with E-state index in [1.807, 2.05) is 0 Å². The Hall–Kier alpha value is -3.22. The van der Waals surface area contributed by atoms with E-state index in [0.29, 0.717) is 0 Å². The molecule has 176 valence electrons. The summed E-state index contributed by atoms with van der Waals surface area (Å²) in [7, 11) is 0. The van der Waals surface area contributed by atoms with Gasteiger partial charge in [0.15, 0.2) is 0 Å². The van der Waals surface area contributed by atoms with Crippen LogP contribution in [-0.2, 0) is 43.0 Å². The summed E-state index contributed by atoms with van der Waals surface area (Å²) >= 11 is 0. The van der Waals surface area contributed by atoms with Crippen LogP contribution in [0.25, 0.3) is 0 Å². The molecule has 0 radical (unpaired) electrons. The van der Waals surface area contributed by atoms with E-state index >= 15 is 0 Å². The van der Waals surface area contributed by atoms with E-state index in [-0.39, 0.29) is 78.0 Å². The van der Waals surface area contributed by atoms with E-state index in [9.17, 15) is 28.8 Å². The number of carboxylic acid groups (broad SMARTS) is 3. The van der Waals surface area contributed by atoms with Crippen molar-refractivity contribution >= 4 is 35.8 Å². The number of hydrogen-bond acceptors (Lipinski definition) is 10. The number of esters is 3. The minimum Gasteiger partial charge on any atom is -0.481 e. The average molecular weight is 449 g/mol. The van der Waals surface area contributed by atoms with Crippen molar-refractivity contribution in [3.63, 3.8) is 0 Å². The van der Waals surface area contributed by atoms with Crippen molar-refractivity contribution in [1.29, 1.82) is 0 Å². The van der Waals surface area contributed by atoms with Crippen LogP contribution in [0.15, 0.2) is 0 Å². The molecular weight excluding hydrogens is 422 g/mol. The zero-order valence-corrected chi connectivity index (χ0v) is 16.9. The van der Waals surface area contributed by atoms with Gasteiger partial charge in [-0.3, -0.25) is 33.7 Å². The zero-order valence-electron chi connectivity index (χ0n) is 16.9. The maximum absolute atomic E-state index is 11.5. The lowest BCUT2D eigenvalue weighted by molar-refractivity contribution is -0.149. The van der Waals surface area contributed by atoms with Crippen LogP contribution in [0.5, 0.6) is 0 Å². The van der Waals surface area contributed by atoms with Crippen molar-refractivity contribution in [3.8, 4) is 0 Å². The molecule has 0 aromatic rings. The number of carbonyl (C=O) groups is 6. The first-order valence-corrected chi connectivity index (χ1v) is 9.44. The molecule has 0 spiro atoms. The summed E-state index contributed by atoms with van der Waals surface area (Å²) in [5, 5.41) is 25.6. The maximum atomic E-state index is 11.5. The molecule has 0 aliphatic rings. The second-order valence-electron chi connectivity index (χ2n) is 6.18. The third-order valence-electron chi connectivity index (χ3n) is 3.64. The summed E-state index contributed by atoms with van der Waals surface area (Å²) in [6.07, 6.45) is -1.92. The number of rotatable bonds is 18. The van der Waals surface area contributed by atoms with Crippen molar-refractivity contribution in [1.82, 2.24) is 4.90 Å². The summed E-state index contributed by atoms with van der Waals surface area (Å²) in [4.78, 5) is 67.3. The predicted molar refractivity (Wildman–Crippen MR) is 99.9 cm³/mol. The second kappa shape index (κ2) is 16.6. The van der Waals surface area contributed by atoms with Crippen molar-refractivity contribution in [2.45, 2.75) is 38.5 Å². The number of carboxylic acids is 3. The highest BCUT2D eigenvalue weighted by Crippen LogP contribution is 1.99. The molecule has 0 saturated heterocycles. The van der Waals surface area contributed by atoms with Gasteiger partial charge in [0.05, 0.1) is 38.5 Å². The standard InChI is InChI=1S/C18H27NO12/c20-13(21)1-4-16(26)29-10-7-19(8-11-30-17(27)5-2-14(22)23)9-12-31-18(28)6-3-15(24)25/h1-12H2,(H,20,21)(H,22,23)(H,24,25). The molecule has 0 amide bonds. The Kier molecular flexibility index (Phi) is 14.8. The normalized spacial score (nSPS) is 10.4. The van der Waals surface area contributed by atoms with Gasteiger partial charge in [-0.1, -0.05) is 0 Å². The van der Waals surface area contributed by atoms with Crippen LogP contribution in [0.2, 0.25) is 0 Å². The Morgan fingerprint density at radius 2 is 0.742 bits per heavy atom. The van der Waals surface area contributed by atoms with Crippen LogP contribution in [0.1, 0.15) is 38.5 Å². The van der Waals surface area contributed by atoms with Crippen LogP contribution < -0.4 is 0 Å². The molecule has 0 aliphatic carbocycles. The first kappa shape index (κ1) is 27.8. The molecule has 0 aliphatic heterocycles. The molecule has 0 unspecified atom stereocenters. The molecule has 31 heavy (non-hydrogen) atoms. The molecule has 0 saturated carbocycles. The highest BCUT2D eigenvalue weighted by molar-refractivity contribution is 5.77. The maximum Gasteiger partial charge on any atom is 0.306 e. The Labute approximate surface area is 177 Å². The summed E-state index contributed by atoms with van der Waals surface area (Å²) in [6.45, 7) is 0.240. The van der Waals surface area contributed by atoms with Crippen molar-refractivity contribution in [2.75, 3.05) is 39.5 Å². The SMILES string of the molecule is O=C(O)CCC(=O)OCCN(CCOC(=O)CCC(=O)O)CCOC(=O)CCC(=O)O. The molecule has 0 heterocycles. The van der Waals surface area contributed by atoms with E-state index < -0.39 is 35.8 Å². The topological polar surface area (TPSA) is 194 Å².